The molecule has 6 heteroatoms. The first-order valence-electron chi connectivity index (χ1n) is 10.4. The van der Waals surface area contributed by atoms with E-state index in [2.05, 4.69) is 22.5 Å². The Balaban J connectivity index is 1.75. The van der Waals surface area contributed by atoms with Gasteiger partial charge in [0.25, 0.3) is 5.91 Å². The van der Waals surface area contributed by atoms with Gasteiger partial charge < -0.3 is 10.6 Å². The normalized spacial score (nSPS) is 10.6. The molecule has 0 saturated heterocycles. The third-order valence-electron chi connectivity index (χ3n) is 4.75. The van der Waals surface area contributed by atoms with Crippen LogP contribution in [-0.4, -0.2) is 29.1 Å². The van der Waals surface area contributed by atoms with Crippen molar-refractivity contribution >= 4 is 23.6 Å². The molecule has 31 heavy (non-hydrogen) atoms. The van der Waals surface area contributed by atoms with E-state index in [-0.39, 0.29) is 23.6 Å². The van der Waals surface area contributed by atoms with E-state index in [1.54, 1.807) is 18.3 Å². The van der Waals surface area contributed by atoms with Gasteiger partial charge in [-0.3, -0.25) is 9.59 Å². The van der Waals surface area contributed by atoms with Gasteiger partial charge in [0.1, 0.15) is 5.03 Å². The summed E-state index contributed by atoms with van der Waals surface area (Å²) in [5.74, 6) is -0.0523. The molecule has 160 valence electrons. The zero-order chi connectivity index (χ0) is 21.9. The number of carbonyl (C=O) groups is 2. The number of pyridine rings is 1. The molecule has 0 unspecified atom stereocenters. The van der Waals surface area contributed by atoms with Gasteiger partial charge in [0.05, 0.1) is 17.4 Å². The Morgan fingerprint density at radius 3 is 2.19 bits per heavy atom. The highest BCUT2D eigenvalue weighted by molar-refractivity contribution is 8.00. The smallest absolute Gasteiger partial charge is 0.254 e. The zero-order valence-electron chi connectivity index (χ0n) is 17.6. The number of nitrogens with one attached hydrogen (secondary N) is 2. The van der Waals surface area contributed by atoms with E-state index in [1.807, 2.05) is 60.7 Å². The number of unbranched alkanes of at least 4 members (excludes halogenated alkanes) is 1. The number of rotatable bonds is 10. The summed E-state index contributed by atoms with van der Waals surface area (Å²) in [7, 11) is 0. The van der Waals surface area contributed by atoms with E-state index in [9.17, 15) is 9.59 Å². The summed E-state index contributed by atoms with van der Waals surface area (Å²) in [5.41, 5.74) is 2.46. The van der Waals surface area contributed by atoms with Crippen molar-refractivity contribution in [2.24, 2.45) is 0 Å². The Morgan fingerprint density at radius 1 is 0.935 bits per heavy atom. The molecular weight excluding hydrogens is 406 g/mol. The number of amides is 2. The van der Waals surface area contributed by atoms with Gasteiger partial charge in [-0.2, -0.15) is 0 Å². The molecule has 3 rings (SSSR count). The highest BCUT2D eigenvalue weighted by Gasteiger charge is 2.20. The van der Waals surface area contributed by atoms with Crippen LogP contribution in [0.3, 0.4) is 0 Å². The minimum atomic E-state index is -0.287. The van der Waals surface area contributed by atoms with Gasteiger partial charge in [-0.05, 0) is 29.7 Å². The lowest BCUT2D eigenvalue weighted by atomic mass is 9.98. The minimum Gasteiger partial charge on any atom is -0.355 e. The van der Waals surface area contributed by atoms with Gasteiger partial charge in [0, 0.05) is 12.7 Å². The number of benzene rings is 2. The van der Waals surface area contributed by atoms with Gasteiger partial charge in [-0.25, -0.2) is 4.98 Å². The van der Waals surface area contributed by atoms with Crippen LogP contribution in [0.1, 0.15) is 47.3 Å². The van der Waals surface area contributed by atoms with Crippen LogP contribution in [0.2, 0.25) is 0 Å². The largest absolute Gasteiger partial charge is 0.355 e. The Hall–Kier alpha value is -3.12. The highest BCUT2D eigenvalue weighted by Crippen LogP contribution is 2.24. The minimum absolute atomic E-state index is 0.0538. The summed E-state index contributed by atoms with van der Waals surface area (Å²) in [5, 5.41) is 6.58. The first-order chi connectivity index (χ1) is 15.2. The Morgan fingerprint density at radius 2 is 1.58 bits per heavy atom. The maximum Gasteiger partial charge on any atom is 0.254 e. The fourth-order valence-electron chi connectivity index (χ4n) is 3.13. The fraction of sp³-hybridized carbons (Fsp3) is 0.240. The molecule has 0 spiro atoms. The van der Waals surface area contributed by atoms with E-state index in [0.29, 0.717) is 17.1 Å². The number of nitrogens with zero attached hydrogens (tertiary/aromatic N) is 1. The van der Waals surface area contributed by atoms with Gasteiger partial charge in [0.15, 0.2) is 0 Å². The van der Waals surface area contributed by atoms with Crippen molar-refractivity contribution in [3.63, 3.8) is 0 Å². The van der Waals surface area contributed by atoms with Crippen LogP contribution in [0.4, 0.5) is 0 Å². The molecule has 2 N–H and O–H groups in total. The molecule has 2 aromatic carbocycles. The van der Waals surface area contributed by atoms with Crippen molar-refractivity contribution in [3.8, 4) is 0 Å². The monoisotopic (exact) mass is 433 g/mol. The van der Waals surface area contributed by atoms with Gasteiger partial charge in [0.2, 0.25) is 5.91 Å². The molecule has 0 aliphatic carbocycles. The lowest BCUT2D eigenvalue weighted by Gasteiger charge is -2.20. The van der Waals surface area contributed by atoms with Crippen LogP contribution in [0.5, 0.6) is 0 Å². The van der Waals surface area contributed by atoms with Gasteiger partial charge in [-0.15, -0.1) is 0 Å². The summed E-state index contributed by atoms with van der Waals surface area (Å²) in [4.78, 5) is 29.6. The second-order valence-electron chi connectivity index (χ2n) is 7.08. The predicted molar refractivity (Wildman–Crippen MR) is 125 cm³/mol. The molecule has 1 aromatic heterocycles. The van der Waals surface area contributed by atoms with E-state index >= 15 is 0 Å². The first kappa shape index (κ1) is 22.6. The van der Waals surface area contributed by atoms with Crippen molar-refractivity contribution in [1.29, 1.82) is 0 Å². The lowest BCUT2D eigenvalue weighted by molar-refractivity contribution is -0.118. The number of aromatic nitrogens is 1. The number of hydrogen-bond acceptors (Lipinski definition) is 4. The Bertz CT molecular complexity index is 941. The quantitative estimate of drug-likeness (QED) is 0.362. The highest BCUT2D eigenvalue weighted by atomic mass is 32.2. The summed E-state index contributed by atoms with van der Waals surface area (Å²) < 4.78 is 0. The predicted octanol–water partition coefficient (Wildman–Crippen LogP) is 4.61. The van der Waals surface area contributed by atoms with Crippen LogP contribution in [0, 0.1) is 0 Å². The van der Waals surface area contributed by atoms with Crippen LogP contribution in [-0.2, 0) is 4.79 Å². The second kappa shape index (κ2) is 11.9. The number of carbonyl (C=O) groups excluding carboxylic acids is 2. The Labute approximate surface area is 187 Å². The maximum atomic E-state index is 13.2. The molecule has 1 heterocycles. The maximum absolute atomic E-state index is 13.2. The second-order valence-corrected chi connectivity index (χ2v) is 8.04. The average molecular weight is 434 g/mol. The first-order valence-corrected chi connectivity index (χ1v) is 11.4. The molecule has 0 saturated carbocycles. The fourth-order valence-corrected chi connectivity index (χ4v) is 3.95. The van der Waals surface area contributed by atoms with Crippen LogP contribution < -0.4 is 10.6 Å². The molecule has 2 amide bonds. The zero-order valence-corrected chi connectivity index (χ0v) is 18.4. The van der Waals surface area contributed by atoms with Crippen molar-refractivity contribution < 1.29 is 9.59 Å². The summed E-state index contributed by atoms with van der Waals surface area (Å²) in [6.07, 6.45) is 3.62. The van der Waals surface area contributed by atoms with Crippen LogP contribution in [0.25, 0.3) is 0 Å². The molecule has 0 aliphatic rings. The summed E-state index contributed by atoms with van der Waals surface area (Å²) in [6, 6.07) is 22.9. The molecule has 0 fully saturated rings. The molecule has 5 nitrogen and oxygen atoms in total. The molecule has 3 aromatic rings. The van der Waals surface area contributed by atoms with Crippen molar-refractivity contribution in [2.45, 2.75) is 30.8 Å². The molecule has 0 aliphatic heterocycles. The summed E-state index contributed by atoms with van der Waals surface area (Å²) >= 11 is 1.28. The standard InChI is InChI=1S/C25H27N3O2S/c1-2-3-16-26-22(29)18-31-25-21(15-10-17-27-25)24(30)28-23(19-11-6-4-7-12-19)20-13-8-5-9-14-20/h4-15,17,23H,2-3,16,18H2,1H3,(H,26,29)(H,28,30). The van der Waals surface area contributed by atoms with E-state index in [1.165, 1.54) is 11.8 Å². The number of thioether (sulfide) groups is 1. The van der Waals surface area contributed by atoms with Crippen molar-refractivity contribution in [2.75, 3.05) is 12.3 Å². The SMILES string of the molecule is CCCCNC(=O)CSc1ncccc1C(=O)NC(c1ccccc1)c1ccccc1. The van der Waals surface area contributed by atoms with E-state index in [4.69, 9.17) is 0 Å². The van der Waals surface area contributed by atoms with Gasteiger partial charge in [-0.1, -0.05) is 85.8 Å². The van der Waals surface area contributed by atoms with Crippen molar-refractivity contribution in [1.82, 2.24) is 15.6 Å². The van der Waals surface area contributed by atoms with E-state index in [0.717, 1.165) is 24.0 Å². The lowest BCUT2D eigenvalue weighted by Crippen LogP contribution is -2.30. The molecule has 0 atom stereocenters. The summed E-state index contributed by atoms with van der Waals surface area (Å²) in [6.45, 7) is 2.75. The molecular formula is C25H27N3O2S. The third kappa shape index (κ3) is 6.69. The van der Waals surface area contributed by atoms with Crippen molar-refractivity contribution in [3.05, 3.63) is 95.7 Å². The average Bonchev–Trinajstić information content (AvgIpc) is 2.82. The topological polar surface area (TPSA) is 71.1 Å². The third-order valence-corrected chi connectivity index (χ3v) is 5.75. The van der Waals surface area contributed by atoms with Gasteiger partial charge >= 0.3 is 0 Å². The van der Waals surface area contributed by atoms with Crippen LogP contribution in [0.15, 0.2) is 84.0 Å². The van der Waals surface area contributed by atoms with E-state index < -0.39 is 0 Å². The number of hydrogen-bond donors (Lipinski definition) is 2. The molecule has 0 bridgehead atoms. The molecule has 0 radical (unpaired) electrons. The van der Waals surface area contributed by atoms with Crippen LogP contribution >= 0.6 is 11.8 Å². The Kier molecular flexibility index (Phi) is 8.67.